The Bertz CT molecular complexity index is 843. The van der Waals surface area contributed by atoms with Crippen LogP contribution in [0.15, 0.2) is 48.6 Å². The molecule has 0 radical (unpaired) electrons. The second-order valence-electron chi connectivity index (χ2n) is 11.9. The molecule has 0 aromatic carbocycles. The Labute approximate surface area is 272 Å². The number of carbonyl (C=O) groups is 1. The molecule has 1 saturated heterocycles. The van der Waals surface area contributed by atoms with Crippen LogP contribution in [0.1, 0.15) is 117 Å². The van der Waals surface area contributed by atoms with E-state index in [4.69, 9.17) is 9.47 Å². The van der Waals surface area contributed by atoms with Crippen LogP contribution in [0.5, 0.6) is 0 Å². The Morgan fingerprint density at radius 1 is 0.756 bits per heavy atom. The molecule has 0 spiro atoms. The number of unbranched alkanes of at least 4 members (excludes halogenated alkanes) is 10. The number of amides is 1. The van der Waals surface area contributed by atoms with Gasteiger partial charge < -0.3 is 40.3 Å². The predicted molar refractivity (Wildman–Crippen MR) is 179 cm³/mol. The van der Waals surface area contributed by atoms with Gasteiger partial charge in [-0.3, -0.25) is 4.79 Å². The lowest BCUT2D eigenvalue weighted by molar-refractivity contribution is -0.302. The highest BCUT2D eigenvalue weighted by Gasteiger charge is 2.44. The number of carbonyl (C=O) groups excluding carboxylic acids is 1. The fourth-order valence-electron chi connectivity index (χ4n) is 4.98. The van der Waals surface area contributed by atoms with Crippen molar-refractivity contribution in [1.82, 2.24) is 5.32 Å². The van der Waals surface area contributed by atoms with Crippen LogP contribution in [0.2, 0.25) is 0 Å². The molecule has 45 heavy (non-hydrogen) atoms. The number of hydrogen-bond acceptors (Lipinski definition) is 8. The topological polar surface area (TPSA) is 149 Å². The first-order chi connectivity index (χ1) is 21.8. The molecule has 0 aromatic rings. The van der Waals surface area contributed by atoms with Crippen molar-refractivity contribution in [2.45, 2.75) is 159 Å². The molecular weight excluding hydrogens is 574 g/mol. The molecule has 1 aliphatic heterocycles. The molecule has 9 heteroatoms. The predicted octanol–water partition coefficient (Wildman–Crippen LogP) is 5.15. The minimum Gasteiger partial charge on any atom is -0.394 e. The van der Waals surface area contributed by atoms with Gasteiger partial charge in [-0.25, -0.2) is 0 Å². The van der Waals surface area contributed by atoms with Gasteiger partial charge in [0.05, 0.1) is 25.4 Å². The summed E-state index contributed by atoms with van der Waals surface area (Å²) in [4.78, 5) is 12.7. The van der Waals surface area contributed by atoms with E-state index >= 15 is 0 Å². The van der Waals surface area contributed by atoms with E-state index < -0.39 is 49.5 Å². The van der Waals surface area contributed by atoms with E-state index in [9.17, 15) is 30.3 Å². The van der Waals surface area contributed by atoms with Crippen LogP contribution in [0.4, 0.5) is 0 Å². The van der Waals surface area contributed by atoms with Crippen LogP contribution < -0.4 is 5.32 Å². The number of allylic oxidation sites excluding steroid dienone is 7. The maximum Gasteiger partial charge on any atom is 0.220 e. The van der Waals surface area contributed by atoms with Gasteiger partial charge in [-0.1, -0.05) is 107 Å². The second-order valence-corrected chi connectivity index (χ2v) is 11.9. The Morgan fingerprint density at radius 2 is 1.33 bits per heavy atom. The van der Waals surface area contributed by atoms with Crippen LogP contribution in [0.25, 0.3) is 0 Å². The van der Waals surface area contributed by atoms with Crippen LogP contribution >= 0.6 is 0 Å². The number of rotatable bonds is 26. The summed E-state index contributed by atoms with van der Waals surface area (Å²) < 4.78 is 11.1. The van der Waals surface area contributed by atoms with E-state index in [0.717, 1.165) is 32.1 Å². The van der Waals surface area contributed by atoms with Gasteiger partial charge in [-0.15, -0.1) is 0 Å². The molecule has 9 nitrogen and oxygen atoms in total. The summed E-state index contributed by atoms with van der Waals surface area (Å²) in [5, 5.41) is 53.5. The summed E-state index contributed by atoms with van der Waals surface area (Å²) in [5.41, 5.74) is 0. The molecule has 0 aliphatic carbocycles. The molecule has 0 aromatic heterocycles. The maximum atomic E-state index is 12.7. The minimum absolute atomic E-state index is 0.226. The molecule has 0 bridgehead atoms. The molecule has 7 unspecified atom stereocenters. The van der Waals surface area contributed by atoms with Gasteiger partial charge in [0, 0.05) is 6.42 Å². The Hall–Kier alpha value is -1.85. The molecule has 1 fully saturated rings. The standard InChI is InChI=1S/C36H63NO8/c1-3-5-7-9-11-13-14-15-16-18-20-22-24-26-32(40)37-29(30(39)25-23-21-19-17-12-10-8-6-4-2)28-44-36-35(43)34(42)33(41)31(27-38)45-36/h12,15-17,20,22-23,25,29-31,33-36,38-39,41-43H,3-11,13-14,18-19,21,24,26-28H2,1-2H3,(H,37,40)/b16-15-,17-12+,22-20-,25-23+. The highest BCUT2D eigenvalue weighted by atomic mass is 16.7. The summed E-state index contributed by atoms with van der Waals surface area (Å²) in [7, 11) is 0. The lowest BCUT2D eigenvalue weighted by Gasteiger charge is -2.40. The van der Waals surface area contributed by atoms with E-state index in [1.807, 2.05) is 18.2 Å². The average Bonchev–Trinajstić information content (AvgIpc) is 3.04. The molecule has 1 rings (SSSR count). The van der Waals surface area contributed by atoms with Gasteiger partial charge in [0.1, 0.15) is 24.4 Å². The molecule has 6 N–H and O–H groups in total. The number of aliphatic hydroxyl groups is 5. The first-order valence-corrected chi connectivity index (χ1v) is 17.4. The fraction of sp³-hybridized carbons (Fsp3) is 0.750. The molecule has 260 valence electrons. The third-order valence-electron chi connectivity index (χ3n) is 7.89. The number of aliphatic hydroxyl groups excluding tert-OH is 5. The monoisotopic (exact) mass is 637 g/mol. The molecule has 1 aliphatic rings. The van der Waals surface area contributed by atoms with Crippen molar-refractivity contribution < 1.29 is 39.8 Å². The number of hydrogen-bond donors (Lipinski definition) is 6. The van der Waals surface area contributed by atoms with Crippen molar-refractivity contribution in [3.63, 3.8) is 0 Å². The van der Waals surface area contributed by atoms with Crippen LogP contribution in [0, 0.1) is 0 Å². The molecule has 1 heterocycles. The SMILES string of the molecule is CCCCC/C=C/CC/C=C/C(O)C(COC1OC(CO)C(O)C(O)C1O)NC(=O)CC/C=C\C/C=C\CCCCCCCC. The lowest BCUT2D eigenvalue weighted by atomic mass is 9.99. The Balaban J connectivity index is 2.58. The first-order valence-electron chi connectivity index (χ1n) is 17.4. The molecule has 1 amide bonds. The third kappa shape index (κ3) is 19.4. The van der Waals surface area contributed by atoms with Crippen molar-refractivity contribution in [3.8, 4) is 0 Å². The summed E-state index contributed by atoms with van der Waals surface area (Å²) in [5.74, 6) is -0.261. The first kappa shape index (κ1) is 41.2. The van der Waals surface area contributed by atoms with Crippen molar-refractivity contribution in [3.05, 3.63) is 48.6 Å². The zero-order valence-corrected chi connectivity index (χ0v) is 27.8. The third-order valence-corrected chi connectivity index (χ3v) is 7.89. The van der Waals surface area contributed by atoms with Crippen LogP contribution in [-0.2, 0) is 14.3 Å². The van der Waals surface area contributed by atoms with E-state index in [0.29, 0.717) is 6.42 Å². The van der Waals surface area contributed by atoms with E-state index in [1.54, 1.807) is 6.08 Å². The highest BCUT2D eigenvalue weighted by molar-refractivity contribution is 5.76. The second kappa shape index (κ2) is 27.3. The van der Waals surface area contributed by atoms with E-state index in [2.05, 4.69) is 43.5 Å². The van der Waals surface area contributed by atoms with E-state index in [1.165, 1.54) is 57.8 Å². The van der Waals surface area contributed by atoms with Gasteiger partial charge in [-0.05, 0) is 51.4 Å². The zero-order chi connectivity index (χ0) is 33.1. The maximum absolute atomic E-state index is 12.7. The molecule has 0 saturated carbocycles. The van der Waals surface area contributed by atoms with Crippen molar-refractivity contribution in [2.75, 3.05) is 13.2 Å². The average molecular weight is 638 g/mol. The van der Waals surface area contributed by atoms with Crippen LogP contribution in [-0.4, -0.2) is 87.5 Å². The summed E-state index contributed by atoms with van der Waals surface area (Å²) in [6, 6.07) is -0.848. The minimum atomic E-state index is -1.58. The Kier molecular flexibility index (Phi) is 25.0. The number of nitrogens with one attached hydrogen (secondary N) is 1. The normalized spacial score (nSPS) is 23.9. The summed E-state index contributed by atoms with van der Waals surface area (Å²) >= 11 is 0. The van der Waals surface area contributed by atoms with Gasteiger partial charge in [0.15, 0.2) is 6.29 Å². The van der Waals surface area contributed by atoms with E-state index in [-0.39, 0.29) is 18.9 Å². The van der Waals surface area contributed by atoms with Gasteiger partial charge in [0.2, 0.25) is 5.91 Å². The lowest BCUT2D eigenvalue weighted by Crippen LogP contribution is -2.60. The number of ether oxygens (including phenoxy) is 2. The quantitative estimate of drug-likeness (QED) is 0.0563. The zero-order valence-electron chi connectivity index (χ0n) is 27.8. The summed E-state index contributed by atoms with van der Waals surface area (Å²) in [6.45, 7) is 3.60. The van der Waals surface area contributed by atoms with Gasteiger partial charge in [-0.2, -0.15) is 0 Å². The Morgan fingerprint density at radius 3 is 2.04 bits per heavy atom. The van der Waals surface area contributed by atoms with Crippen molar-refractivity contribution in [2.24, 2.45) is 0 Å². The van der Waals surface area contributed by atoms with Gasteiger partial charge >= 0.3 is 0 Å². The fourth-order valence-corrected chi connectivity index (χ4v) is 4.98. The van der Waals surface area contributed by atoms with Crippen LogP contribution in [0.3, 0.4) is 0 Å². The summed E-state index contributed by atoms with van der Waals surface area (Å²) in [6.07, 6.45) is 24.7. The smallest absolute Gasteiger partial charge is 0.220 e. The largest absolute Gasteiger partial charge is 0.394 e. The molecular formula is C36H63NO8. The van der Waals surface area contributed by atoms with Crippen molar-refractivity contribution >= 4 is 5.91 Å². The molecule has 7 atom stereocenters. The highest BCUT2D eigenvalue weighted by Crippen LogP contribution is 2.22. The van der Waals surface area contributed by atoms with Gasteiger partial charge in [0.25, 0.3) is 0 Å². The van der Waals surface area contributed by atoms with Crippen molar-refractivity contribution in [1.29, 1.82) is 0 Å².